The zero-order chi connectivity index (χ0) is 21.7. The lowest BCUT2D eigenvalue weighted by atomic mass is 9.77. The van der Waals surface area contributed by atoms with Gasteiger partial charge in [-0.1, -0.05) is 12.8 Å². The van der Waals surface area contributed by atoms with Crippen LogP contribution in [0, 0.1) is 29.0 Å². The number of alkyl carbamates (subject to hydrolysis) is 1. The third-order valence-electron chi connectivity index (χ3n) is 6.20. The average molecular weight is 416 g/mol. The van der Waals surface area contributed by atoms with Crippen LogP contribution in [0.4, 0.5) is 14.9 Å². The number of hydrogen-bond acceptors (Lipinski definition) is 4. The van der Waals surface area contributed by atoms with Gasteiger partial charge in [-0.3, -0.25) is 0 Å². The summed E-state index contributed by atoms with van der Waals surface area (Å²) in [6, 6.07) is 6.94. The Morgan fingerprint density at radius 1 is 1.27 bits per heavy atom. The van der Waals surface area contributed by atoms with E-state index in [9.17, 15) is 9.18 Å². The zero-order valence-corrected chi connectivity index (χ0v) is 18.4. The number of piperidine rings is 1. The summed E-state index contributed by atoms with van der Waals surface area (Å²) in [6.45, 7) is 7.45. The van der Waals surface area contributed by atoms with E-state index in [1.165, 1.54) is 12.5 Å². The maximum absolute atomic E-state index is 14.1. The van der Waals surface area contributed by atoms with Gasteiger partial charge in [0.2, 0.25) is 0 Å². The fraction of sp³-hybridized carbons (Fsp3) is 0.667. The van der Waals surface area contributed by atoms with Gasteiger partial charge in [-0.15, -0.1) is 0 Å². The number of amides is 1. The number of carbonyl (C=O) groups excluding carboxylic acids is 1. The van der Waals surface area contributed by atoms with Crippen LogP contribution in [0.1, 0.15) is 71.3 Å². The Kier molecular flexibility index (Phi) is 7.23. The predicted molar refractivity (Wildman–Crippen MR) is 116 cm³/mol. The molecule has 1 unspecified atom stereocenters. The molecular formula is C24H34FN3O2. The van der Waals surface area contributed by atoms with E-state index in [0.29, 0.717) is 11.8 Å². The minimum atomic E-state index is -0.492. The van der Waals surface area contributed by atoms with Gasteiger partial charge in [-0.2, -0.15) is 5.26 Å². The number of nitriles is 1. The molecular weight excluding hydrogens is 381 g/mol. The van der Waals surface area contributed by atoms with E-state index in [4.69, 9.17) is 10.00 Å². The summed E-state index contributed by atoms with van der Waals surface area (Å²) in [7, 11) is 0. The SMILES string of the molecule is CC(C)(C)OC(=O)N[C@@H]1CCCC[C@H]1CC1CCCN(c2ccc(C#N)c(F)c2)C1. The molecule has 0 radical (unpaired) electrons. The van der Waals surface area contributed by atoms with Crippen LogP contribution in [-0.4, -0.2) is 30.8 Å². The second-order valence-corrected chi connectivity index (χ2v) is 9.76. The summed E-state index contributed by atoms with van der Waals surface area (Å²) in [4.78, 5) is 14.5. The largest absolute Gasteiger partial charge is 0.444 e. The van der Waals surface area contributed by atoms with E-state index >= 15 is 0 Å². The van der Waals surface area contributed by atoms with Crippen molar-refractivity contribution in [3.8, 4) is 6.07 Å². The number of ether oxygens (including phenoxy) is 1. The minimum Gasteiger partial charge on any atom is -0.444 e. The summed E-state index contributed by atoms with van der Waals surface area (Å²) in [6.07, 6.45) is 7.44. The van der Waals surface area contributed by atoms with Crippen molar-refractivity contribution in [1.82, 2.24) is 5.32 Å². The molecule has 2 aliphatic rings. The van der Waals surface area contributed by atoms with Gasteiger partial charge < -0.3 is 15.0 Å². The Balaban J connectivity index is 1.60. The van der Waals surface area contributed by atoms with Gasteiger partial charge in [0.05, 0.1) is 5.56 Å². The standard InChI is InChI=1S/C24H34FN3O2/c1-24(2,3)30-23(29)27-22-9-5-4-8-18(22)13-17-7-6-12-28(16-17)20-11-10-19(15-26)21(25)14-20/h10-11,14,17-18,22H,4-9,12-13,16H2,1-3H3,(H,27,29)/t17?,18-,22+/m0/s1. The molecule has 1 aromatic rings. The number of nitrogens with zero attached hydrogens (tertiary/aromatic N) is 2. The van der Waals surface area contributed by atoms with Crippen molar-refractivity contribution >= 4 is 11.8 Å². The summed E-state index contributed by atoms with van der Waals surface area (Å²) < 4.78 is 19.5. The van der Waals surface area contributed by atoms with E-state index in [1.54, 1.807) is 6.07 Å². The summed E-state index contributed by atoms with van der Waals surface area (Å²) in [5, 5.41) is 12.1. The number of rotatable bonds is 4. The first-order valence-electron chi connectivity index (χ1n) is 11.2. The Morgan fingerprint density at radius 3 is 2.73 bits per heavy atom. The Labute approximate surface area is 179 Å². The fourth-order valence-electron chi connectivity index (χ4n) is 4.85. The minimum absolute atomic E-state index is 0.0885. The Bertz CT molecular complexity index is 784. The molecule has 164 valence electrons. The molecule has 2 fully saturated rings. The number of halogens is 1. The van der Waals surface area contributed by atoms with E-state index in [2.05, 4.69) is 10.2 Å². The lowest BCUT2D eigenvalue weighted by Crippen LogP contribution is -2.46. The highest BCUT2D eigenvalue weighted by atomic mass is 19.1. The first-order chi connectivity index (χ1) is 14.2. The highest BCUT2D eigenvalue weighted by molar-refractivity contribution is 5.68. The van der Waals surface area contributed by atoms with Crippen LogP contribution in [-0.2, 0) is 4.74 Å². The lowest BCUT2D eigenvalue weighted by molar-refractivity contribution is 0.0460. The molecule has 30 heavy (non-hydrogen) atoms. The van der Waals surface area contributed by atoms with Gasteiger partial charge in [0.15, 0.2) is 0 Å². The first-order valence-corrected chi connectivity index (χ1v) is 11.2. The highest BCUT2D eigenvalue weighted by Crippen LogP contribution is 2.34. The van der Waals surface area contributed by atoms with Gasteiger partial charge >= 0.3 is 6.09 Å². The monoisotopic (exact) mass is 415 g/mol. The molecule has 0 spiro atoms. The number of benzene rings is 1. The molecule has 1 saturated carbocycles. The molecule has 0 aromatic heterocycles. The smallest absolute Gasteiger partial charge is 0.407 e. The van der Waals surface area contributed by atoms with Crippen LogP contribution in [0.15, 0.2) is 18.2 Å². The molecule has 3 atom stereocenters. The van der Waals surface area contributed by atoms with Crippen LogP contribution >= 0.6 is 0 Å². The number of hydrogen-bond donors (Lipinski definition) is 1. The number of nitrogens with one attached hydrogen (secondary N) is 1. The topological polar surface area (TPSA) is 65.4 Å². The molecule has 6 heteroatoms. The molecule has 1 aliphatic carbocycles. The summed E-state index contributed by atoms with van der Waals surface area (Å²) >= 11 is 0. The molecule has 1 aliphatic heterocycles. The molecule has 3 rings (SSSR count). The van der Waals surface area contributed by atoms with Crippen LogP contribution in [0.25, 0.3) is 0 Å². The first kappa shape index (κ1) is 22.4. The molecule has 1 aromatic carbocycles. The fourth-order valence-corrected chi connectivity index (χ4v) is 4.85. The van der Waals surface area contributed by atoms with Crippen molar-refractivity contribution in [2.45, 2.75) is 77.4 Å². The van der Waals surface area contributed by atoms with Crippen LogP contribution in [0.5, 0.6) is 0 Å². The van der Waals surface area contributed by atoms with Crippen molar-refractivity contribution in [1.29, 1.82) is 5.26 Å². The second-order valence-electron chi connectivity index (χ2n) is 9.76. The van der Waals surface area contributed by atoms with E-state index in [0.717, 1.165) is 57.3 Å². The average Bonchev–Trinajstić information content (AvgIpc) is 2.68. The molecule has 1 heterocycles. The number of anilines is 1. The van der Waals surface area contributed by atoms with Crippen molar-refractivity contribution < 1.29 is 13.9 Å². The highest BCUT2D eigenvalue weighted by Gasteiger charge is 2.32. The second kappa shape index (κ2) is 9.68. The third-order valence-corrected chi connectivity index (χ3v) is 6.20. The molecule has 5 nitrogen and oxygen atoms in total. The molecule has 0 bridgehead atoms. The van der Waals surface area contributed by atoms with Gasteiger partial charge in [-0.25, -0.2) is 9.18 Å². The maximum atomic E-state index is 14.1. The molecule has 1 N–H and O–H groups in total. The Morgan fingerprint density at radius 2 is 2.03 bits per heavy atom. The van der Waals surface area contributed by atoms with E-state index in [-0.39, 0.29) is 17.7 Å². The maximum Gasteiger partial charge on any atom is 0.407 e. The quantitative estimate of drug-likeness (QED) is 0.716. The van der Waals surface area contributed by atoms with Crippen molar-refractivity contribution in [2.75, 3.05) is 18.0 Å². The van der Waals surface area contributed by atoms with Crippen LogP contribution in [0.2, 0.25) is 0 Å². The zero-order valence-electron chi connectivity index (χ0n) is 18.4. The van der Waals surface area contributed by atoms with Gasteiger partial charge in [-0.05, 0) is 82.9 Å². The summed E-state index contributed by atoms with van der Waals surface area (Å²) in [5.41, 5.74) is 0.447. The van der Waals surface area contributed by atoms with Gasteiger partial charge in [0.25, 0.3) is 0 Å². The molecule has 1 saturated heterocycles. The van der Waals surface area contributed by atoms with E-state index < -0.39 is 11.4 Å². The third kappa shape index (κ3) is 6.10. The lowest BCUT2D eigenvalue weighted by Gasteiger charge is -2.39. The number of carbonyl (C=O) groups is 1. The summed E-state index contributed by atoms with van der Waals surface area (Å²) in [5.74, 6) is 0.517. The van der Waals surface area contributed by atoms with E-state index in [1.807, 2.05) is 32.9 Å². The predicted octanol–water partition coefficient (Wildman–Crippen LogP) is 5.39. The normalized spacial score (nSPS) is 24.8. The van der Waals surface area contributed by atoms with Crippen molar-refractivity contribution in [2.24, 2.45) is 11.8 Å². The van der Waals surface area contributed by atoms with Gasteiger partial charge in [0, 0.05) is 24.8 Å². The van der Waals surface area contributed by atoms with Crippen molar-refractivity contribution in [3.05, 3.63) is 29.6 Å². The van der Waals surface area contributed by atoms with Crippen molar-refractivity contribution in [3.63, 3.8) is 0 Å². The van der Waals surface area contributed by atoms with Gasteiger partial charge in [0.1, 0.15) is 17.5 Å². The van der Waals surface area contributed by atoms with Crippen LogP contribution < -0.4 is 10.2 Å². The molecule has 1 amide bonds. The Hall–Kier alpha value is -2.29. The van der Waals surface area contributed by atoms with Crippen LogP contribution in [0.3, 0.4) is 0 Å².